The van der Waals surface area contributed by atoms with Crippen molar-refractivity contribution < 1.29 is 19.1 Å². The Morgan fingerprint density at radius 2 is 1.40 bits per heavy atom. The van der Waals surface area contributed by atoms with Crippen LogP contribution < -0.4 is 0 Å². The molecule has 2 aromatic rings. The van der Waals surface area contributed by atoms with Crippen LogP contribution in [0.25, 0.3) is 0 Å². The van der Waals surface area contributed by atoms with E-state index in [0.29, 0.717) is 10.6 Å². The van der Waals surface area contributed by atoms with Crippen LogP contribution in [0.2, 0.25) is 5.02 Å². The summed E-state index contributed by atoms with van der Waals surface area (Å²) in [5.74, 6) is -1.32. The van der Waals surface area contributed by atoms with Gasteiger partial charge in [-0.25, -0.2) is 0 Å². The summed E-state index contributed by atoms with van der Waals surface area (Å²) in [7, 11) is 0. The zero-order chi connectivity index (χ0) is 18.3. The molecule has 4 nitrogen and oxygen atoms in total. The van der Waals surface area contributed by atoms with Crippen LogP contribution in [-0.2, 0) is 30.9 Å². The van der Waals surface area contributed by atoms with Gasteiger partial charge in [-0.05, 0) is 31.0 Å². The third kappa shape index (κ3) is 4.02. The van der Waals surface area contributed by atoms with Crippen LogP contribution in [-0.4, -0.2) is 25.2 Å². The minimum absolute atomic E-state index is 0.106. The van der Waals surface area contributed by atoms with Gasteiger partial charge in [0.15, 0.2) is 5.41 Å². The van der Waals surface area contributed by atoms with Crippen molar-refractivity contribution in [1.82, 2.24) is 0 Å². The first-order valence-corrected chi connectivity index (χ1v) is 8.57. The number of halogens is 1. The molecule has 0 amide bonds. The Hall–Kier alpha value is -2.33. The van der Waals surface area contributed by atoms with Crippen molar-refractivity contribution in [3.63, 3.8) is 0 Å². The Kier molecular flexibility index (Phi) is 6.59. The lowest BCUT2D eigenvalue weighted by Crippen LogP contribution is -2.48. The van der Waals surface area contributed by atoms with Crippen LogP contribution >= 0.6 is 11.6 Å². The SMILES string of the molecule is CCOC(=O)C(Cc1ccccc1)(C(=O)OCC)c1ccccc1Cl. The second kappa shape index (κ2) is 8.67. The first kappa shape index (κ1) is 19.0. The van der Waals surface area contributed by atoms with Gasteiger partial charge in [0.25, 0.3) is 0 Å². The summed E-state index contributed by atoms with van der Waals surface area (Å²) < 4.78 is 10.5. The summed E-state index contributed by atoms with van der Waals surface area (Å²) >= 11 is 6.35. The Bertz CT molecular complexity index is 709. The molecule has 2 rings (SSSR count). The van der Waals surface area contributed by atoms with Gasteiger partial charge < -0.3 is 9.47 Å². The molecule has 25 heavy (non-hydrogen) atoms. The van der Waals surface area contributed by atoms with Crippen molar-refractivity contribution >= 4 is 23.5 Å². The van der Waals surface area contributed by atoms with Crippen molar-refractivity contribution in [3.8, 4) is 0 Å². The molecule has 0 aliphatic carbocycles. The summed E-state index contributed by atoms with van der Waals surface area (Å²) in [5, 5.41) is 0.319. The minimum atomic E-state index is -1.65. The van der Waals surface area contributed by atoms with Crippen molar-refractivity contribution in [3.05, 3.63) is 70.7 Å². The quantitative estimate of drug-likeness (QED) is 0.554. The van der Waals surface area contributed by atoms with Crippen molar-refractivity contribution in [1.29, 1.82) is 0 Å². The van der Waals surface area contributed by atoms with Crippen molar-refractivity contribution in [2.45, 2.75) is 25.7 Å². The molecule has 0 aromatic heterocycles. The van der Waals surface area contributed by atoms with E-state index in [1.165, 1.54) is 0 Å². The summed E-state index contributed by atoms with van der Waals surface area (Å²) in [4.78, 5) is 25.9. The highest BCUT2D eigenvalue weighted by Gasteiger charge is 2.51. The molecule has 0 fully saturated rings. The molecule has 0 radical (unpaired) electrons. The van der Waals surface area contributed by atoms with E-state index in [2.05, 4.69) is 0 Å². The largest absolute Gasteiger partial charge is 0.465 e. The number of carbonyl (C=O) groups excluding carboxylic acids is 2. The molecule has 0 spiro atoms. The average Bonchev–Trinajstić information content (AvgIpc) is 2.61. The molecule has 0 aliphatic rings. The third-order valence-corrected chi connectivity index (χ3v) is 4.22. The molecule has 2 aromatic carbocycles. The Morgan fingerprint density at radius 1 is 0.880 bits per heavy atom. The maximum Gasteiger partial charge on any atom is 0.328 e. The zero-order valence-corrected chi connectivity index (χ0v) is 15.1. The van der Waals surface area contributed by atoms with E-state index >= 15 is 0 Å². The Balaban J connectivity index is 2.66. The van der Waals surface area contributed by atoms with Gasteiger partial charge in [0.1, 0.15) is 0 Å². The first-order chi connectivity index (χ1) is 12.1. The molecule has 0 saturated carbocycles. The van der Waals surface area contributed by atoms with E-state index in [4.69, 9.17) is 21.1 Å². The third-order valence-electron chi connectivity index (χ3n) is 3.89. The van der Waals surface area contributed by atoms with Crippen molar-refractivity contribution in [2.24, 2.45) is 0 Å². The van der Waals surface area contributed by atoms with Gasteiger partial charge in [-0.15, -0.1) is 0 Å². The fourth-order valence-corrected chi connectivity index (χ4v) is 3.06. The van der Waals surface area contributed by atoms with Crippen LogP contribution in [0.4, 0.5) is 0 Å². The standard InChI is InChI=1S/C20H21ClO4/c1-3-24-18(22)20(19(23)25-4-2,14-15-10-6-5-7-11-15)16-12-8-9-13-17(16)21/h5-13H,3-4,14H2,1-2H3. The summed E-state index contributed by atoms with van der Waals surface area (Å²) in [6, 6.07) is 16.1. The highest BCUT2D eigenvalue weighted by atomic mass is 35.5. The second-order valence-electron chi connectivity index (χ2n) is 5.49. The number of rotatable bonds is 7. The van der Waals surface area contributed by atoms with E-state index in [1.807, 2.05) is 30.3 Å². The van der Waals surface area contributed by atoms with Gasteiger partial charge >= 0.3 is 11.9 Å². The lowest BCUT2D eigenvalue weighted by molar-refractivity contribution is -0.164. The molecule has 0 unspecified atom stereocenters. The topological polar surface area (TPSA) is 52.6 Å². The maximum absolute atomic E-state index is 13.0. The van der Waals surface area contributed by atoms with Crippen molar-refractivity contribution in [2.75, 3.05) is 13.2 Å². The fourth-order valence-electron chi connectivity index (χ4n) is 2.76. The maximum atomic E-state index is 13.0. The lowest BCUT2D eigenvalue weighted by Gasteiger charge is -2.30. The molecule has 0 aliphatic heterocycles. The van der Waals surface area contributed by atoms with Crippen LogP contribution in [0.5, 0.6) is 0 Å². The van der Waals surface area contributed by atoms with Gasteiger partial charge in [0.05, 0.1) is 13.2 Å². The molecule has 0 N–H and O–H groups in total. The van der Waals surface area contributed by atoms with Gasteiger partial charge in [-0.3, -0.25) is 9.59 Å². The number of benzene rings is 2. The monoisotopic (exact) mass is 360 g/mol. The van der Waals surface area contributed by atoms with E-state index in [9.17, 15) is 9.59 Å². The van der Waals surface area contributed by atoms with Gasteiger partial charge in [0, 0.05) is 11.4 Å². The van der Waals surface area contributed by atoms with E-state index in [1.54, 1.807) is 38.1 Å². The first-order valence-electron chi connectivity index (χ1n) is 8.19. The van der Waals surface area contributed by atoms with Gasteiger partial charge in [0.2, 0.25) is 0 Å². The predicted octanol–water partition coefficient (Wildman–Crippen LogP) is 3.95. The van der Waals surface area contributed by atoms with Gasteiger partial charge in [-0.2, -0.15) is 0 Å². The smallest absolute Gasteiger partial charge is 0.328 e. The molecule has 0 atom stereocenters. The molecule has 0 heterocycles. The van der Waals surface area contributed by atoms with Crippen LogP contribution in [0.3, 0.4) is 0 Å². The number of carbonyl (C=O) groups is 2. The number of ether oxygens (including phenoxy) is 2. The van der Waals surface area contributed by atoms with Crippen LogP contribution in [0.15, 0.2) is 54.6 Å². The predicted molar refractivity (Wildman–Crippen MR) is 96.5 cm³/mol. The molecule has 0 saturated heterocycles. The summed E-state index contributed by atoms with van der Waals surface area (Å²) in [6.45, 7) is 3.70. The number of hydrogen-bond donors (Lipinski definition) is 0. The normalized spacial score (nSPS) is 11.0. The fraction of sp³-hybridized carbons (Fsp3) is 0.300. The molecule has 0 bridgehead atoms. The Labute approximate surface area is 152 Å². The molecule has 132 valence electrons. The summed E-state index contributed by atoms with van der Waals surface area (Å²) in [5.41, 5.74) is -0.452. The Morgan fingerprint density at radius 3 is 1.92 bits per heavy atom. The highest BCUT2D eigenvalue weighted by molar-refractivity contribution is 6.32. The second-order valence-corrected chi connectivity index (χ2v) is 5.90. The zero-order valence-electron chi connectivity index (χ0n) is 14.3. The number of esters is 2. The van der Waals surface area contributed by atoms with Crippen LogP contribution in [0.1, 0.15) is 25.0 Å². The van der Waals surface area contributed by atoms with E-state index in [-0.39, 0.29) is 19.6 Å². The average molecular weight is 361 g/mol. The lowest BCUT2D eigenvalue weighted by atomic mass is 9.75. The highest BCUT2D eigenvalue weighted by Crippen LogP contribution is 2.36. The number of hydrogen-bond acceptors (Lipinski definition) is 4. The minimum Gasteiger partial charge on any atom is -0.465 e. The molecular weight excluding hydrogens is 340 g/mol. The summed E-state index contributed by atoms with van der Waals surface area (Å²) in [6.07, 6.45) is 0.106. The van der Waals surface area contributed by atoms with Crippen LogP contribution in [0, 0.1) is 0 Å². The molecule has 5 heteroatoms. The molecular formula is C20H21ClO4. The van der Waals surface area contributed by atoms with E-state index in [0.717, 1.165) is 5.56 Å². The van der Waals surface area contributed by atoms with E-state index < -0.39 is 17.4 Å². The van der Waals surface area contributed by atoms with Gasteiger partial charge in [-0.1, -0.05) is 60.1 Å².